The van der Waals surface area contributed by atoms with Crippen LogP contribution in [0.2, 0.25) is 5.02 Å². The topological polar surface area (TPSA) is 45.3 Å². The number of halogens is 4. The summed E-state index contributed by atoms with van der Waals surface area (Å²) in [6.45, 7) is 9.29. The number of aromatic nitrogens is 1. The van der Waals surface area contributed by atoms with E-state index in [0.717, 1.165) is 16.5 Å². The maximum Gasteiger partial charge on any atom is 0.573 e. The molecule has 1 aromatic heterocycles. The maximum absolute atomic E-state index is 13.2. The second-order valence-corrected chi connectivity index (χ2v) is 12.4. The summed E-state index contributed by atoms with van der Waals surface area (Å²) in [5.41, 5.74) is 5.54. The van der Waals surface area contributed by atoms with Gasteiger partial charge < -0.3 is 9.72 Å². The van der Waals surface area contributed by atoms with Crippen LogP contribution in [0.25, 0.3) is 10.9 Å². The van der Waals surface area contributed by atoms with Crippen LogP contribution in [0, 0.1) is 0 Å². The molecule has 0 amide bonds. The molecule has 1 unspecified atom stereocenters. The molecule has 1 aliphatic carbocycles. The van der Waals surface area contributed by atoms with Crippen LogP contribution >= 0.6 is 11.6 Å². The van der Waals surface area contributed by atoms with Crippen molar-refractivity contribution in [3.63, 3.8) is 0 Å². The molecular weight excluding hydrogens is 549 g/mol. The summed E-state index contributed by atoms with van der Waals surface area (Å²) in [6, 6.07) is 20.6. The van der Waals surface area contributed by atoms with E-state index >= 15 is 0 Å². The molecule has 1 heterocycles. The third-order valence-corrected chi connectivity index (χ3v) is 8.08. The summed E-state index contributed by atoms with van der Waals surface area (Å²) in [5, 5.41) is 0.861. The van der Waals surface area contributed by atoms with Gasteiger partial charge in [0.15, 0.2) is 0 Å². The number of alkyl halides is 3. The molecule has 1 fully saturated rings. The van der Waals surface area contributed by atoms with Gasteiger partial charge in [-0.15, -0.1) is 13.2 Å². The first-order valence-corrected chi connectivity index (χ1v) is 14.2. The van der Waals surface area contributed by atoms with Gasteiger partial charge in [0.05, 0.1) is 5.02 Å². The van der Waals surface area contributed by atoms with Gasteiger partial charge in [-0.2, -0.15) is 0 Å². The van der Waals surface area contributed by atoms with Crippen molar-refractivity contribution in [1.82, 2.24) is 9.88 Å². The summed E-state index contributed by atoms with van der Waals surface area (Å²) >= 11 is 6.20. The first-order valence-electron chi connectivity index (χ1n) is 13.8. The van der Waals surface area contributed by atoms with Gasteiger partial charge in [-0.05, 0) is 89.1 Å². The zero-order chi connectivity index (χ0) is 29.5. The molecule has 216 valence electrons. The zero-order valence-electron chi connectivity index (χ0n) is 23.6. The monoisotopic (exact) mass is 582 g/mol. The molecule has 0 bridgehead atoms. The van der Waals surface area contributed by atoms with E-state index in [4.69, 9.17) is 11.6 Å². The second kappa shape index (κ2) is 11.2. The number of nitrogens with zero attached hydrogens (tertiary/aromatic N) is 1. The van der Waals surface area contributed by atoms with E-state index < -0.39 is 12.1 Å². The highest BCUT2D eigenvalue weighted by molar-refractivity contribution is 6.32. The van der Waals surface area contributed by atoms with E-state index in [9.17, 15) is 18.0 Å². The molecule has 4 nitrogen and oxygen atoms in total. The van der Waals surface area contributed by atoms with Crippen LogP contribution in [0.5, 0.6) is 5.75 Å². The minimum Gasteiger partial charge on any atom is -0.404 e. The van der Waals surface area contributed by atoms with E-state index in [1.165, 1.54) is 36.1 Å². The van der Waals surface area contributed by atoms with Gasteiger partial charge in [-0.3, -0.25) is 9.69 Å². The first kappa shape index (κ1) is 29.2. The Morgan fingerprint density at radius 3 is 2.29 bits per heavy atom. The minimum absolute atomic E-state index is 0.0141. The lowest BCUT2D eigenvalue weighted by Gasteiger charge is -2.30. The van der Waals surface area contributed by atoms with Crippen LogP contribution in [0.4, 0.5) is 13.2 Å². The molecule has 4 aromatic rings. The Morgan fingerprint density at radius 1 is 0.976 bits per heavy atom. The number of hydrogen-bond acceptors (Lipinski definition) is 3. The molecule has 0 saturated heterocycles. The fourth-order valence-corrected chi connectivity index (χ4v) is 5.37. The molecule has 1 atom stereocenters. The molecule has 0 radical (unpaired) electrons. The maximum atomic E-state index is 13.2. The summed E-state index contributed by atoms with van der Waals surface area (Å²) in [6.07, 6.45) is -2.45. The number of ether oxygens (including phenoxy) is 1. The highest BCUT2D eigenvalue weighted by Crippen LogP contribution is 2.41. The molecular formula is C33H34ClF3N2O2. The molecule has 41 heavy (non-hydrogen) atoms. The van der Waals surface area contributed by atoms with Gasteiger partial charge >= 0.3 is 6.36 Å². The smallest absolute Gasteiger partial charge is 0.404 e. The Kier molecular flexibility index (Phi) is 7.96. The van der Waals surface area contributed by atoms with Gasteiger partial charge in [-0.25, -0.2) is 0 Å². The summed E-state index contributed by atoms with van der Waals surface area (Å²) in [5.74, 6) is 0.147. The highest BCUT2D eigenvalue weighted by Gasteiger charge is 2.32. The van der Waals surface area contributed by atoms with E-state index in [2.05, 4.69) is 71.8 Å². The van der Waals surface area contributed by atoms with Crippen molar-refractivity contribution in [3.05, 3.63) is 110 Å². The van der Waals surface area contributed by atoms with E-state index in [1.807, 2.05) is 19.1 Å². The lowest BCUT2D eigenvalue weighted by atomic mass is 9.86. The number of fused-ring (bicyclic) bond motifs is 1. The average molecular weight is 583 g/mol. The number of hydrogen-bond donors (Lipinski definition) is 1. The number of nitrogens with one attached hydrogen (secondary N) is 1. The molecule has 3 aromatic carbocycles. The van der Waals surface area contributed by atoms with Crippen molar-refractivity contribution in [2.24, 2.45) is 0 Å². The average Bonchev–Trinajstić information content (AvgIpc) is 3.74. The van der Waals surface area contributed by atoms with E-state index in [-0.39, 0.29) is 22.0 Å². The molecule has 0 aliphatic heterocycles. The Hall–Kier alpha value is -3.29. The SMILES string of the molecule is CC(c1ccc(OC(F)(F)F)c(Cl)c1)N(Cc1ccc(C(C)(C)C)cc1)Cc1cc2cc(C3CC3)ccc2[nH]c1=O. The van der Waals surface area contributed by atoms with Crippen molar-refractivity contribution in [1.29, 1.82) is 0 Å². The Labute approximate surface area is 243 Å². The Balaban J connectivity index is 1.48. The van der Waals surface area contributed by atoms with Crippen LogP contribution in [-0.2, 0) is 18.5 Å². The quantitative estimate of drug-likeness (QED) is 0.225. The Morgan fingerprint density at radius 2 is 1.68 bits per heavy atom. The number of rotatable bonds is 8. The molecule has 0 spiro atoms. The van der Waals surface area contributed by atoms with Crippen molar-refractivity contribution < 1.29 is 17.9 Å². The van der Waals surface area contributed by atoms with Crippen molar-refractivity contribution in [2.45, 2.75) is 77.4 Å². The predicted octanol–water partition coefficient (Wildman–Crippen LogP) is 9.02. The van der Waals surface area contributed by atoms with Crippen molar-refractivity contribution in [2.75, 3.05) is 0 Å². The van der Waals surface area contributed by atoms with Crippen LogP contribution in [0.1, 0.15) is 80.3 Å². The number of pyridine rings is 1. The van der Waals surface area contributed by atoms with Gasteiger partial charge in [-0.1, -0.05) is 68.8 Å². The van der Waals surface area contributed by atoms with Crippen molar-refractivity contribution in [3.8, 4) is 5.75 Å². The molecule has 5 rings (SSSR count). The minimum atomic E-state index is -4.83. The van der Waals surface area contributed by atoms with Gasteiger partial charge in [0.1, 0.15) is 5.75 Å². The van der Waals surface area contributed by atoms with Gasteiger partial charge in [0.25, 0.3) is 5.56 Å². The number of H-pyrrole nitrogens is 1. The lowest BCUT2D eigenvalue weighted by Crippen LogP contribution is -2.29. The molecule has 1 N–H and O–H groups in total. The summed E-state index contributed by atoms with van der Waals surface area (Å²) in [4.78, 5) is 18.3. The van der Waals surface area contributed by atoms with Gasteiger partial charge in [0, 0.05) is 30.2 Å². The predicted molar refractivity (Wildman–Crippen MR) is 157 cm³/mol. The third-order valence-electron chi connectivity index (χ3n) is 7.78. The van der Waals surface area contributed by atoms with Crippen LogP contribution in [-0.4, -0.2) is 16.2 Å². The number of aromatic amines is 1. The zero-order valence-corrected chi connectivity index (χ0v) is 24.4. The van der Waals surface area contributed by atoms with Crippen LogP contribution in [0.3, 0.4) is 0 Å². The highest BCUT2D eigenvalue weighted by atomic mass is 35.5. The second-order valence-electron chi connectivity index (χ2n) is 12.0. The van der Waals surface area contributed by atoms with Crippen LogP contribution in [0.15, 0.2) is 71.5 Å². The Bertz CT molecular complexity index is 1600. The molecule has 8 heteroatoms. The number of benzene rings is 3. The van der Waals surface area contributed by atoms with E-state index in [0.29, 0.717) is 30.1 Å². The standard InChI is InChI=1S/C33H34ClF3N2O2/c1-20(23-10-14-30(28(34)17-23)41-33(35,36)37)39(18-21-5-11-27(12-6-21)32(2,3)4)19-26-16-25-15-24(22-7-8-22)9-13-29(25)38-31(26)40/h5-6,9-17,20,22H,7-8,18-19H2,1-4H3,(H,38,40). The fourth-order valence-electron chi connectivity index (χ4n) is 5.15. The molecule has 1 saturated carbocycles. The third kappa shape index (κ3) is 7.14. The largest absolute Gasteiger partial charge is 0.573 e. The van der Waals surface area contributed by atoms with E-state index in [1.54, 1.807) is 6.07 Å². The van der Waals surface area contributed by atoms with Crippen LogP contribution < -0.4 is 10.3 Å². The van der Waals surface area contributed by atoms with Crippen molar-refractivity contribution >= 4 is 22.5 Å². The van der Waals surface area contributed by atoms with Gasteiger partial charge in [0.2, 0.25) is 0 Å². The fraction of sp³-hybridized carbons (Fsp3) is 0.364. The summed E-state index contributed by atoms with van der Waals surface area (Å²) < 4.78 is 42.4. The first-order chi connectivity index (χ1) is 19.3. The normalized spacial score (nSPS) is 15.0. The lowest BCUT2D eigenvalue weighted by molar-refractivity contribution is -0.274. The summed E-state index contributed by atoms with van der Waals surface area (Å²) in [7, 11) is 0. The molecule has 1 aliphatic rings.